The van der Waals surface area contributed by atoms with E-state index in [1.807, 2.05) is 30.0 Å². The van der Waals surface area contributed by atoms with Gasteiger partial charge < -0.3 is 15.0 Å². The fourth-order valence-electron chi connectivity index (χ4n) is 2.53. The van der Waals surface area contributed by atoms with Crippen LogP contribution in [0.1, 0.15) is 42.1 Å². The molecule has 0 atom stereocenters. The van der Waals surface area contributed by atoms with E-state index in [1.165, 1.54) is 0 Å². The Morgan fingerprint density at radius 2 is 2.27 bits per heavy atom. The molecule has 1 aliphatic heterocycles. The summed E-state index contributed by atoms with van der Waals surface area (Å²) in [5.41, 5.74) is 1.64. The normalized spacial score (nSPS) is 14.4. The lowest BCUT2D eigenvalue weighted by atomic mass is 10.1. The van der Waals surface area contributed by atoms with Gasteiger partial charge in [-0.2, -0.15) is 0 Å². The first-order valence-electron chi connectivity index (χ1n) is 7.93. The molecule has 1 N–H and O–H groups in total. The van der Waals surface area contributed by atoms with Crippen LogP contribution in [-0.4, -0.2) is 43.0 Å². The number of hydrogen-bond donors (Lipinski definition) is 1. The van der Waals surface area contributed by atoms with E-state index < -0.39 is 0 Å². The molecule has 0 radical (unpaired) electrons. The Bertz CT molecular complexity index is 516. The third-order valence-corrected chi connectivity index (χ3v) is 3.69. The molecule has 0 aliphatic carbocycles. The molecule has 5 nitrogen and oxygen atoms in total. The van der Waals surface area contributed by atoms with Crippen LogP contribution in [0, 0.1) is 0 Å². The molecule has 1 heterocycles. The lowest BCUT2D eigenvalue weighted by Crippen LogP contribution is -2.26. The van der Waals surface area contributed by atoms with Crippen LogP contribution in [0.2, 0.25) is 0 Å². The molecule has 1 aromatic carbocycles. The zero-order valence-electron chi connectivity index (χ0n) is 13.1. The molecule has 0 saturated carbocycles. The summed E-state index contributed by atoms with van der Waals surface area (Å²) in [6.45, 7) is 5.32. The van der Waals surface area contributed by atoms with E-state index in [4.69, 9.17) is 4.74 Å². The van der Waals surface area contributed by atoms with E-state index in [1.54, 1.807) is 6.07 Å². The summed E-state index contributed by atoms with van der Waals surface area (Å²) in [5.74, 6) is 0.122. The van der Waals surface area contributed by atoms with E-state index in [-0.39, 0.29) is 11.8 Å². The minimum absolute atomic E-state index is 0.0777. The number of carbonyl (C=O) groups is 2. The van der Waals surface area contributed by atoms with Crippen LogP contribution >= 0.6 is 0 Å². The van der Waals surface area contributed by atoms with Crippen molar-refractivity contribution in [3.63, 3.8) is 0 Å². The Morgan fingerprint density at radius 3 is 3.00 bits per heavy atom. The third kappa shape index (κ3) is 4.84. The molecular formula is C17H24N2O3. The molecule has 0 unspecified atom stereocenters. The predicted molar refractivity (Wildman–Crippen MR) is 84.5 cm³/mol. The smallest absolute Gasteiger partial charge is 0.251 e. The lowest BCUT2D eigenvalue weighted by molar-refractivity contribution is -0.128. The lowest BCUT2D eigenvalue weighted by Gasteiger charge is -2.16. The van der Waals surface area contributed by atoms with Crippen molar-refractivity contribution in [3.05, 3.63) is 35.4 Å². The molecule has 0 bridgehead atoms. The summed E-state index contributed by atoms with van der Waals surface area (Å²) < 4.78 is 5.24. The highest BCUT2D eigenvalue weighted by Crippen LogP contribution is 2.15. The van der Waals surface area contributed by atoms with Crippen molar-refractivity contribution in [1.29, 1.82) is 0 Å². The minimum Gasteiger partial charge on any atom is -0.382 e. The summed E-state index contributed by atoms with van der Waals surface area (Å²) in [5, 5.41) is 2.89. The van der Waals surface area contributed by atoms with Crippen LogP contribution in [0.4, 0.5) is 0 Å². The second kappa shape index (κ2) is 8.54. The molecule has 2 rings (SSSR count). The Kier molecular flexibility index (Phi) is 6.40. The van der Waals surface area contributed by atoms with E-state index in [2.05, 4.69) is 5.32 Å². The molecule has 1 aromatic rings. The highest BCUT2D eigenvalue weighted by atomic mass is 16.5. The van der Waals surface area contributed by atoms with Crippen LogP contribution < -0.4 is 5.32 Å². The number of likely N-dealkylation sites (tertiary alicyclic amines) is 1. The Balaban J connectivity index is 1.84. The first-order chi connectivity index (χ1) is 10.7. The standard InChI is InChI=1S/C17H24N2O3/c1-2-22-11-5-9-18-17(21)15-7-3-6-14(12-15)13-19-10-4-8-16(19)20/h3,6-7,12H,2,4-5,8-11,13H2,1H3,(H,18,21). The zero-order chi connectivity index (χ0) is 15.8. The van der Waals surface area contributed by atoms with Gasteiger partial charge in [-0.25, -0.2) is 0 Å². The first kappa shape index (κ1) is 16.5. The fraction of sp³-hybridized carbons (Fsp3) is 0.529. The number of rotatable bonds is 8. The molecule has 5 heteroatoms. The molecule has 2 amide bonds. The number of hydrogen-bond acceptors (Lipinski definition) is 3. The van der Waals surface area contributed by atoms with E-state index in [0.717, 1.165) is 24.9 Å². The summed E-state index contributed by atoms with van der Waals surface area (Å²) >= 11 is 0. The van der Waals surface area contributed by atoms with E-state index >= 15 is 0 Å². The number of nitrogens with zero attached hydrogens (tertiary/aromatic N) is 1. The van der Waals surface area contributed by atoms with Gasteiger partial charge in [0.05, 0.1) is 0 Å². The van der Waals surface area contributed by atoms with Crippen molar-refractivity contribution in [2.45, 2.75) is 32.7 Å². The van der Waals surface area contributed by atoms with Crippen molar-refractivity contribution in [3.8, 4) is 0 Å². The number of ether oxygens (including phenoxy) is 1. The van der Waals surface area contributed by atoms with Gasteiger partial charge in [-0.1, -0.05) is 12.1 Å². The van der Waals surface area contributed by atoms with Gasteiger partial charge in [-0.05, 0) is 37.5 Å². The maximum absolute atomic E-state index is 12.1. The monoisotopic (exact) mass is 304 g/mol. The van der Waals surface area contributed by atoms with Gasteiger partial charge in [-0.15, -0.1) is 0 Å². The van der Waals surface area contributed by atoms with Crippen LogP contribution in [0.5, 0.6) is 0 Å². The average Bonchev–Trinajstić information content (AvgIpc) is 2.92. The Hall–Kier alpha value is -1.88. The van der Waals surface area contributed by atoms with Crippen molar-refractivity contribution >= 4 is 11.8 Å². The van der Waals surface area contributed by atoms with Gasteiger partial charge in [0.15, 0.2) is 0 Å². The first-order valence-corrected chi connectivity index (χ1v) is 7.93. The van der Waals surface area contributed by atoms with Gasteiger partial charge in [0, 0.05) is 44.8 Å². The predicted octanol–water partition coefficient (Wildman–Crippen LogP) is 1.97. The Labute approximate surface area is 131 Å². The van der Waals surface area contributed by atoms with Crippen LogP contribution in [-0.2, 0) is 16.1 Å². The van der Waals surface area contributed by atoms with Crippen molar-refractivity contribution in [1.82, 2.24) is 10.2 Å². The average molecular weight is 304 g/mol. The van der Waals surface area contributed by atoms with Crippen LogP contribution in [0.15, 0.2) is 24.3 Å². The maximum atomic E-state index is 12.1. The Morgan fingerprint density at radius 1 is 1.41 bits per heavy atom. The number of carbonyl (C=O) groups excluding carboxylic acids is 2. The van der Waals surface area contributed by atoms with Crippen molar-refractivity contribution in [2.24, 2.45) is 0 Å². The minimum atomic E-state index is -0.0777. The SMILES string of the molecule is CCOCCCNC(=O)c1cccc(CN2CCCC2=O)c1. The third-order valence-electron chi connectivity index (χ3n) is 3.69. The van der Waals surface area contributed by atoms with Crippen LogP contribution in [0.3, 0.4) is 0 Å². The molecule has 1 saturated heterocycles. The largest absolute Gasteiger partial charge is 0.382 e. The summed E-state index contributed by atoms with van der Waals surface area (Å²) in [4.78, 5) is 25.6. The summed E-state index contributed by atoms with van der Waals surface area (Å²) in [6.07, 6.45) is 2.38. The molecule has 120 valence electrons. The molecule has 0 aromatic heterocycles. The molecule has 22 heavy (non-hydrogen) atoms. The van der Waals surface area contributed by atoms with Crippen molar-refractivity contribution < 1.29 is 14.3 Å². The number of benzene rings is 1. The highest BCUT2D eigenvalue weighted by molar-refractivity contribution is 5.94. The molecule has 1 fully saturated rings. The zero-order valence-corrected chi connectivity index (χ0v) is 13.1. The molecule has 1 aliphatic rings. The van der Waals surface area contributed by atoms with Gasteiger partial charge in [0.25, 0.3) is 5.91 Å². The van der Waals surface area contributed by atoms with Crippen LogP contribution in [0.25, 0.3) is 0 Å². The fourth-order valence-corrected chi connectivity index (χ4v) is 2.53. The maximum Gasteiger partial charge on any atom is 0.251 e. The van der Waals surface area contributed by atoms with E-state index in [0.29, 0.717) is 38.3 Å². The van der Waals surface area contributed by atoms with Gasteiger partial charge >= 0.3 is 0 Å². The van der Waals surface area contributed by atoms with Gasteiger partial charge in [-0.3, -0.25) is 9.59 Å². The second-order valence-corrected chi connectivity index (χ2v) is 5.43. The summed E-state index contributed by atoms with van der Waals surface area (Å²) in [6, 6.07) is 7.49. The van der Waals surface area contributed by atoms with Gasteiger partial charge in [0.2, 0.25) is 5.91 Å². The summed E-state index contributed by atoms with van der Waals surface area (Å²) in [7, 11) is 0. The number of nitrogens with one attached hydrogen (secondary N) is 1. The highest BCUT2D eigenvalue weighted by Gasteiger charge is 2.20. The number of amides is 2. The topological polar surface area (TPSA) is 58.6 Å². The van der Waals surface area contributed by atoms with E-state index in [9.17, 15) is 9.59 Å². The second-order valence-electron chi connectivity index (χ2n) is 5.43. The molecular weight excluding hydrogens is 280 g/mol. The van der Waals surface area contributed by atoms with Gasteiger partial charge in [0.1, 0.15) is 0 Å². The molecule has 0 spiro atoms. The van der Waals surface area contributed by atoms with Crippen molar-refractivity contribution in [2.75, 3.05) is 26.3 Å². The quantitative estimate of drug-likeness (QED) is 0.747.